The summed E-state index contributed by atoms with van der Waals surface area (Å²) in [4.78, 5) is 0. The molecule has 0 aliphatic rings. The van der Waals surface area contributed by atoms with Gasteiger partial charge in [0.05, 0.1) is 19.4 Å². The predicted molar refractivity (Wildman–Crippen MR) is 92.9 cm³/mol. The van der Waals surface area contributed by atoms with Gasteiger partial charge in [-0.2, -0.15) is 10.4 Å². The number of methoxy groups -OCH3 is 1. The minimum atomic E-state index is 0.458. The van der Waals surface area contributed by atoms with Gasteiger partial charge in [-0.3, -0.25) is 0 Å². The number of nitrogens with zero attached hydrogens (tertiary/aromatic N) is 3. The number of aryl methyl sites for hydroxylation is 1. The van der Waals surface area contributed by atoms with E-state index >= 15 is 0 Å². The normalized spacial score (nSPS) is 10.1. The number of nitrogens with one attached hydrogen (secondary N) is 1. The lowest BCUT2D eigenvalue weighted by Gasteiger charge is -2.14. The molecule has 0 saturated carbocycles. The first-order chi connectivity index (χ1) is 11.7. The molecule has 0 saturated heterocycles. The Morgan fingerprint density at radius 2 is 1.92 bits per heavy atom. The summed E-state index contributed by atoms with van der Waals surface area (Å²) in [6.07, 6.45) is 1.49. The van der Waals surface area contributed by atoms with Crippen LogP contribution < -0.4 is 14.8 Å². The molecule has 1 heterocycles. The first-order valence-electron chi connectivity index (χ1n) is 8.04. The number of aromatic nitrogens is 2. The van der Waals surface area contributed by atoms with Crippen LogP contribution in [0.3, 0.4) is 0 Å². The van der Waals surface area contributed by atoms with Gasteiger partial charge in [-0.25, -0.2) is 0 Å². The molecule has 6 heteroatoms. The second-order valence-electron chi connectivity index (χ2n) is 5.09. The molecule has 1 N–H and O–H groups in total. The Balaban J connectivity index is 2.41. The molecule has 0 bridgehead atoms. The number of nitriles is 1. The zero-order valence-electron chi connectivity index (χ0n) is 14.5. The maximum atomic E-state index is 9.55. The SMILES string of the molecule is CCOc1cc(Nc2nnc(CC)c(CC)c2C#N)ccc1OC. The molecule has 0 fully saturated rings. The fourth-order valence-corrected chi connectivity index (χ4v) is 2.54. The maximum absolute atomic E-state index is 9.55. The number of hydrogen-bond donors (Lipinski definition) is 1. The second kappa shape index (κ2) is 8.16. The third-order valence-electron chi connectivity index (χ3n) is 3.68. The maximum Gasteiger partial charge on any atom is 0.171 e. The lowest BCUT2D eigenvalue weighted by atomic mass is 10.0. The highest BCUT2D eigenvalue weighted by atomic mass is 16.5. The van der Waals surface area contributed by atoms with Crippen LogP contribution in [0, 0.1) is 11.3 Å². The van der Waals surface area contributed by atoms with Gasteiger partial charge in [0.1, 0.15) is 11.6 Å². The molecule has 2 rings (SSSR count). The van der Waals surface area contributed by atoms with Crippen molar-refractivity contribution in [2.75, 3.05) is 19.0 Å². The van der Waals surface area contributed by atoms with Gasteiger partial charge < -0.3 is 14.8 Å². The minimum Gasteiger partial charge on any atom is -0.493 e. The van der Waals surface area contributed by atoms with E-state index in [2.05, 4.69) is 21.6 Å². The largest absolute Gasteiger partial charge is 0.493 e. The molecule has 1 aromatic carbocycles. The van der Waals surface area contributed by atoms with Gasteiger partial charge in [-0.1, -0.05) is 13.8 Å². The molecular formula is C18H22N4O2. The van der Waals surface area contributed by atoms with Gasteiger partial charge in [-0.05, 0) is 37.5 Å². The average Bonchev–Trinajstić information content (AvgIpc) is 2.61. The number of anilines is 2. The number of rotatable bonds is 7. The Morgan fingerprint density at radius 3 is 2.50 bits per heavy atom. The Kier molecular flexibility index (Phi) is 5.96. The molecule has 24 heavy (non-hydrogen) atoms. The Morgan fingerprint density at radius 1 is 1.12 bits per heavy atom. The Hall–Kier alpha value is -2.81. The van der Waals surface area contributed by atoms with Gasteiger partial charge in [0.25, 0.3) is 0 Å². The van der Waals surface area contributed by atoms with E-state index in [9.17, 15) is 5.26 Å². The highest BCUT2D eigenvalue weighted by molar-refractivity contribution is 5.67. The summed E-state index contributed by atoms with van der Waals surface area (Å²) in [7, 11) is 1.60. The summed E-state index contributed by atoms with van der Waals surface area (Å²) < 4.78 is 10.9. The lowest BCUT2D eigenvalue weighted by Crippen LogP contribution is -2.07. The third-order valence-corrected chi connectivity index (χ3v) is 3.68. The first kappa shape index (κ1) is 17.5. The van der Waals surface area contributed by atoms with E-state index in [0.717, 1.165) is 29.8 Å². The smallest absolute Gasteiger partial charge is 0.171 e. The Bertz CT molecular complexity index is 753. The van der Waals surface area contributed by atoms with Crippen molar-refractivity contribution in [3.8, 4) is 17.6 Å². The van der Waals surface area contributed by atoms with Crippen molar-refractivity contribution < 1.29 is 9.47 Å². The highest BCUT2D eigenvalue weighted by Crippen LogP contribution is 2.32. The topological polar surface area (TPSA) is 80.1 Å². The van der Waals surface area contributed by atoms with Crippen LogP contribution >= 0.6 is 0 Å². The summed E-state index contributed by atoms with van der Waals surface area (Å²) >= 11 is 0. The molecule has 0 unspecified atom stereocenters. The fraction of sp³-hybridized carbons (Fsp3) is 0.389. The van der Waals surface area contributed by atoms with E-state index in [1.54, 1.807) is 7.11 Å². The van der Waals surface area contributed by atoms with Crippen molar-refractivity contribution in [3.05, 3.63) is 35.0 Å². The van der Waals surface area contributed by atoms with Crippen molar-refractivity contribution in [1.82, 2.24) is 10.2 Å². The molecule has 0 aliphatic carbocycles. The molecule has 0 radical (unpaired) electrons. The summed E-state index contributed by atoms with van der Waals surface area (Å²) in [6.45, 7) is 6.47. The average molecular weight is 326 g/mol. The molecular weight excluding hydrogens is 304 g/mol. The number of benzene rings is 1. The van der Waals surface area contributed by atoms with E-state index in [0.29, 0.717) is 29.5 Å². The lowest BCUT2D eigenvalue weighted by molar-refractivity contribution is 0.311. The summed E-state index contributed by atoms with van der Waals surface area (Å²) in [5.41, 5.74) is 3.11. The van der Waals surface area contributed by atoms with E-state index in [1.807, 2.05) is 39.0 Å². The van der Waals surface area contributed by atoms with Gasteiger partial charge in [0.15, 0.2) is 17.3 Å². The van der Waals surface area contributed by atoms with Crippen molar-refractivity contribution in [3.63, 3.8) is 0 Å². The zero-order valence-corrected chi connectivity index (χ0v) is 14.5. The van der Waals surface area contributed by atoms with E-state index in [4.69, 9.17) is 9.47 Å². The van der Waals surface area contributed by atoms with Gasteiger partial charge in [-0.15, -0.1) is 5.10 Å². The zero-order chi connectivity index (χ0) is 17.5. The van der Waals surface area contributed by atoms with Crippen LogP contribution in [0.15, 0.2) is 18.2 Å². The number of hydrogen-bond acceptors (Lipinski definition) is 6. The Labute approximate surface area is 142 Å². The van der Waals surface area contributed by atoms with Gasteiger partial charge in [0.2, 0.25) is 0 Å². The number of ether oxygens (including phenoxy) is 2. The van der Waals surface area contributed by atoms with Crippen LogP contribution in [0.5, 0.6) is 11.5 Å². The molecule has 1 aromatic heterocycles. The first-order valence-corrected chi connectivity index (χ1v) is 8.04. The van der Waals surface area contributed by atoms with Crippen molar-refractivity contribution >= 4 is 11.5 Å². The molecule has 126 valence electrons. The van der Waals surface area contributed by atoms with E-state index in [-0.39, 0.29) is 0 Å². The van der Waals surface area contributed by atoms with Crippen LogP contribution in [0.1, 0.15) is 37.6 Å². The molecule has 2 aromatic rings. The molecule has 6 nitrogen and oxygen atoms in total. The van der Waals surface area contributed by atoms with Crippen LogP contribution in [0.2, 0.25) is 0 Å². The van der Waals surface area contributed by atoms with Gasteiger partial charge in [0, 0.05) is 11.8 Å². The summed E-state index contributed by atoms with van der Waals surface area (Å²) in [5, 5.41) is 21.1. The monoisotopic (exact) mass is 326 g/mol. The van der Waals surface area contributed by atoms with Crippen molar-refractivity contribution in [2.45, 2.75) is 33.6 Å². The van der Waals surface area contributed by atoms with Crippen LogP contribution in [-0.2, 0) is 12.8 Å². The molecule has 0 amide bonds. The van der Waals surface area contributed by atoms with E-state index < -0.39 is 0 Å². The quantitative estimate of drug-likeness (QED) is 0.837. The minimum absolute atomic E-state index is 0.458. The second-order valence-corrected chi connectivity index (χ2v) is 5.09. The summed E-state index contributed by atoms with van der Waals surface area (Å²) in [6, 6.07) is 7.74. The van der Waals surface area contributed by atoms with Gasteiger partial charge >= 0.3 is 0 Å². The standard InChI is InChI=1S/C18H22N4O2/c1-5-13-14(11-19)18(22-21-15(13)6-2)20-12-8-9-16(23-4)17(10-12)24-7-3/h8-10H,5-7H2,1-4H3,(H,20,22). The molecule has 0 spiro atoms. The third kappa shape index (κ3) is 3.57. The van der Waals surface area contributed by atoms with E-state index in [1.165, 1.54) is 0 Å². The van der Waals surface area contributed by atoms with Crippen molar-refractivity contribution in [2.24, 2.45) is 0 Å². The van der Waals surface area contributed by atoms with Crippen molar-refractivity contribution in [1.29, 1.82) is 5.26 Å². The van der Waals surface area contributed by atoms with Crippen LogP contribution in [-0.4, -0.2) is 23.9 Å². The highest BCUT2D eigenvalue weighted by Gasteiger charge is 2.15. The molecule has 0 aliphatic heterocycles. The fourth-order valence-electron chi connectivity index (χ4n) is 2.54. The van der Waals surface area contributed by atoms with Crippen LogP contribution in [0.4, 0.5) is 11.5 Å². The van der Waals surface area contributed by atoms with Crippen LogP contribution in [0.25, 0.3) is 0 Å². The predicted octanol–water partition coefficient (Wildman–Crippen LogP) is 3.62. The molecule has 0 atom stereocenters. The summed E-state index contributed by atoms with van der Waals surface area (Å²) in [5.74, 6) is 1.75.